The Kier molecular flexibility index (Phi) is 4.61. The van der Waals surface area contributed by atoms with Crippen molar-refractivity contribution in [3.8, 4) is 5.75 Å². The first kappa shape index (κ1) is 14.8. The van der Waals surface area contributed by atoms with Gasteiger partial charge in [-0.25, -0.2) is 15.8 Å². The predicted molar refractivity (Wildman–Crippen MR) is 79.8 cm³/mol. The maximum absolute atomic E-state index is 5.43. The van der Waals surface area contributed by atoms with Crippen LogP contribution in [0.15, 0.2) is 6.33 Å². The molecule has 20 heavy (non-hydrogen) atoms. The molecular weight excluding hydrogens is 256 g/mol. The number of nitrogen functional groups attached to an aromatic ring is 1. The second kappa shape index (κ2) is 6.23. The quantitative estimate of drug-likeness (QED) is 0.530. The fourth-order valence-corrected chi connectivity index (χ4v) is 2.86. The maximum Gasteiger partial charge on any atom is 0.205 e. The Morgan fingerprint density at radius 2 is 1.95 bits per heavy atom. The average molecular weight is 280 g/mol. The van der Waals surface area contributed by atoms with E-state index in [2.05, 4.69) is 39.7 Å². The molecule has 1 fully saturated rings. The molecule has 0 aliphatic heterocycles. The summed E-state index contributed by atoms with van der Waals surface area (Å²) in [4.78, 5) is 10.6. The highest BCUT2D eigenvalue weighted by molar-refractivity contribution is 5.63. The Balaban J connectivity index is 2.14. The van der Waals surface area contributed by atoms with E-state index in [1.165, 1.54) is 32.0 Å². The first-order valence-electron chi connectivity index (χ1n) is 6.90. The normalized spacial score (nSPS) is 17.2. The minimum absolute atomic E-state index is 0.187. The van der Waals surface area contributed by atoms with Crippen LogP contribution in [0.3, 0.4) is 0 Å². The van der Waals surface area contributed by atoms with Crippen LogP contribution < -0.4 is 21.3 Å². The molecule has 112 valence electrons. The SMILES string of the molecule is COc1c(NN)ncnc1NCC1(N(C)C)CCCC1. The molecule has 0 aromatic carbocycles. The molecule has 0 atom stereocenters. The van der Waals surface area contributed by atoms with Crippen molar-refractivity contribution >= 4 is 11.6 Å². The highest BCUT2D eigenvalue weighted by atomic mass is 16.5. The van der Waals surface area contributed by atoms with E-state index in [1.807, 2.05) is 0 Å². The minimum Gasteiger partial charge on any atom is -0.490 e. The molecule has 1 heterocycles. The Hall–Kier alpha value is -1.60. The maximum atomic E-state index is 5.43. The average Bonchev–Trinajstić information content (AvgIpc) is 2.94. The topological polar surface area (TPSA) is 88.3 Å². The fraction of sp³-hybridized carbons (Fsp3) is 0.692. The third-order valence-corrected chi connectivity index (χ3v) is 4.21. The summed E-state index contributed by atoms with van der Waals surface area (Å²) in [5.41, 5.74) is 2.71. The van der Waals surface area contributed by atoms with Gasteiger partial charge in [-0.1, -0.05) is 12.8 Å². The molecule has 2 rings (SSSR count). The van der Waals surface area contributed by atoms with E-state index in [-0.39, 0.29) is 5.54 Å². The number of nitrogens with two attached hydrogens (primary N) is 1. The molecule has 7 heteroatoms. The molecule has 1 aromatic rings. The minimum atomic E-state index is 0.187. The van der Waals surface area contributed by atoms with Crippen molar-refractivity contribution in [1.29, 1.82) is 0 Å². The highest BCUT2D eigenvalue weighted by Crippen LogP contribution is 2.35. The zero-order chi connectivity index (χ0) is 14.6. The summed E-state index contributed by atoms with van der Waals surface area (Å²) < 4.78 is 5.33. The summed E-state index contributed by atoms with van der Waals surface area (Å²) in [7, 11) is 5.86. The summed E-state index contributed by atoms with van der Waals surface area (Å²) >= 11 is 0. The van der Waals surface area contributed by atoms with Crippen molar-refractivity contribution in [2.75, 3.05) is 38.5 Å². The van der Waals surface area contributed by atoms with Crippen molar-refractivity contribution in [2.24, 2.45) is 5.84 Å². The number of nitrogens with zero attached hydrogens (tertiary/aromatic N) is 3. The van der Waals surface area contributed by atoms with Gasteiger partial charge in [-0.05, 0) is 26.9 Å². The number of aromatic nitrogens is 2. The van der Waals surface area contributed by atoms with Crippen LogP contribution in [0.5, 0.6) is 5.75 Å². The monoisotopic (exact) mass is 280 g/mol. The number of hydrazine groups is 1. The molecule has 0 bridgehead atoms. The van der Waals surface area contributed by atoms with Crippen LogP contribution in [0.25, 0.3) is 0 Å². The second-order valence-corrected chi connectivity index (χ2v) is 5.43. The van der Waals surface area contributed by atoms with Gasteiger partial charge in [0.05, 0.1) is 7.11 Å². The lowest BCUT2D eigenvalue weighted by Gasteiger charge is -2.36. The smallest absolute Gasteiger partial charge is 0.205 e. The van der Waals surface area contributed by atoms with Crippen molar-refractivity contribution in [2.45, 2.75) is 31.2 Å². The molecule has 4 N–H and O–H groups in total. The molecule has 1 aromatic heterocycles. The molecule has 1 aliphatic carbocycles. The van der Waals surface area contributed by atoms with E-state index in [0.717, 1.165) is 6.54 Å². The Labute approximate surface area is 119 Å². The predicted octanol–water partition coefficient (Wildman–Crippen LogP) is 1.06. The Bertz CT molecular complexity index is 444. The number of nitrogens with one attached hydrogen (secondary N) is 2. The van der Waals surface area contributed by atoms with Gasteiger partial charge in [0.2, 0.25) is 5.75 Å². The largest absolute Gasteiger partial charge is 0.490 e. The summed E-state index contributed by atoms with van der Waals surface area (Å²) in [6.45, 7) is 0.831. The van der Waals surface area contributed by atoms with Crippen LogP contribution in [0.1, 0.15) is 25.7 Å². The molecule has 1 saturated carbocycles. The van der Waals surface area contributed by atoms with Crippen molar-refractivity contribution in [3.05, 3.63) is 6.33 Å². The molecule has 0 radical (unpaired) electrons. The van der Waals surface area contributed by atoms with Crippen LogP contribution in [-0.2, 0) is 0 Å². The van der Waals surface area contributed by atoms with Crippen molar-refractivity contribution in [1.82, 2.24) is 14.9 Å². The zero-order valence-electron chi connectivity index (χ0n) is 12.4. The van der Waals surface area contributed by atoms with Crippen LogP contribution in [0, 0.1) is 0 Å². The molecule has 0 unspecified atom stereocenters. The van der Waals surface area contributed by atoms with E-state index in [1.54, 1.807) is 7.11 Å². The first-order valence-corrected chi connectivity index (χ1v) is 6.90. The van der Waals surface area contributed by atoms with E-state index >= 15 is 0 Å². The molecule has 0 saturated heterocycles. The number of methoxy groups -OCH3 is 1. The molecule has 0 amide bonds. The number of likely N-dealkylation sites (N-methyl/N-ethyl adjacent to an activating group) is 1. The van der Waals surface area contributed by atoms with Gasteiger partial charge in [0.15, 0.2) is 11.6 Å². The van der Waals surface area contributed by atoms with Gasteiger partial charge >= 0.3 is 0 Å². The summed E-state index contributed by atoms with van der Waals surface area (Å²) in [6, 6.07) is 0. The van der Waals surface area contributed by atoms with Gasteiger partial charge in [-0.3, -0.25) is 0 Å². The lowest BCUT2D eigenvalue weighted by atomic mass is 9.96. The molecule has 7 nitrogen and oxygen atoms in total. The van der Waals surface area contributed by atoms with Crippen LogP contribution in [-0.4, -0.2) is 48.2 Å². The second-order valence-electron chi connectivity index (χ2n) is 5.43. The number of anilines is 2. The van der Waals surface area contributed by atoms with Crippen LogP contribution in [0.2, 0.25) is 0 Å². The number of ether oxygens (including phenoxy) is 1. The highest BCUT2D eigenvalue weighted by Gasteiger charge is 2.36. The summed E-state index contributed by atoms with van der Waals surface area (Å²) in [6.07, 6.45) is 6.41. The van der Waals surface area contributed by atoms with Gasteiger partial charge in [-0.15, -0.1) is 0 Å². The summed E-state index contributed by atoms with van der Waals surface area (Å²) in [5, 5.41) is 3.39. The van der Waals surface area contributed by atoms with E-state index < -0.39 is 0 Å². The lowest BCUT2D eigenvalue weighted by Crippen LogP contribution is -2.47. The number of hydrogen-bond acceptors (Lipinski definition) is 7. The lowest BCUT2D eigenvalue weighted by molar-refractivity contribution is 0.172. The van der Waals surface area contributed by atoms with Gasteiger partial charge in [0, 0.05) is 12.1 Å². The first-order chi connectivity index (χ1) is 9.63. The van der Waals surface area contributed by atoms with Crippen LogP contribution in [0.4, 0.5) is 11.6 Å². The van der Waals surface area contributed by atoms with E-state index in [0.29, 0.717) is 17.4 Å². The van der Waals surface area contributed by atoms with E-state index in [4.69, 9.17) is 10.6 Å². The molecule has 1 aliphatic rings. The zero-order valence-corrected chi connectivity index (χ0v) is 12.4. The van der Waals surface area contributed by atoms with Crippen molar-refractivity contribution < 1.29 is 4.74 Å². The van der Waals surface area contributed by atoms with Gasteiger partial charge in [0.25, 0.3) is 0 Å². The number of rotatable bonds is 6. The van der Waals surface area contributed by atoms with E-state index in [9.17, 15) is 0 Å². The third kappa shape index (κ3) is 2.78. The standard InChI is InChI=1S/C13H24N6O/c1-19(2)13(6-4-5-7-13)8-15-11-10(20-3)12(18-14)17-9-16-11/h9H,4-8,14H2,1-3H3,(H2,15,16,17,18). The Morgan fingerprint density at radius 1 is 1.30 bits per heavy atom. The van der Waals surface area contributed by atoms with Gasteiger partial charge < -0.3 is 20.4 Å². The van der Waals surface area contributed by atoms with Gasteiger partial charge in [0.1, 0.15) is 6.33 Å². The van der Waals surface area contributed by atoms with Gasteiger partial charge in [-0.2, -0.15) is 0 Å². The Morgan fingerprint density at radius 3 is 2.50 bits per heavy atom. The van der Waals surface area contributed by atoms with Crippen molar-refractivity contribution in [3.63, 3.8) is 0 Å². The van der Waals surface area contributed by atoms with Crippen LogP contribution >= 0.6 is 0 Å². The molecular formula is C13H24N6O. The molecule has 0 spiro atoms. The number of hydrogen-bond donors (Lipinski definition) is 3. The summed E-state index contributed by atoms with van der Waals surface area (Å²) in [5.74, 6) is 7.13. The third-order valence-electron chi connectivity index (χ3n) is 4.21. The fourth-order valence-electron chi connectivity index (χ4n) is 2.86.